The summed E-state index contributed by atoms with van der Waals surface area (Å²) in [4.78, 5) is 14.3. The fourth-order valence-corrected chi connectivity index (χ4v) is 4.46. The second-order valence-electron chi connectivity index (χ2n) is 4.13. The SMILES string of the molecule is O=C(O)c1ncsc1S(=O)(=O)N1CC=C(C(F)(F)F)CC1. The molecule has 0 saturated carbocycles. The lowest BCUT2D eigenvalue weighted by Crippen LogP contribution is -2.37. The van der Waals surface area contributed by atoms with E-state index in [4.69, 9.17) is 5.11 Å². The molecule has 1 aromatic heterocycles. The summed E-state index contributed by atoms with van der Waals surface area (Å²) in [5.74, 6) is -1.50. The van der Waals surface area contributed by atoms with E-state index in [1.807, 2.05) is 0 Å². The molecule has 0 aliphatic carbocycles. The molecular formula is C10H9F3N2O4S2. The molecule has 0 amide bonds. The highest BCUT2D eigenvalue weighted by molar-refractivity contribution is 7.91. The van der Waals surface area contributed by atoms with Crippen molar-refractivity contribution in [1.29, 1.82) is 0 Å². The minimum absolute atomic E-state index is 0.357. The second kappa shape index (κ2) is 5.39. The third-order valence-electron chi connectivity index (χ3n) is 2.85. The number of carbonyl (C=O) groups is 1. The number of thiazole rings is 1. The molecule has 0 bridgehead atoms. The number of rotatable bonds is 3. The second-order valence-corrected chi connectivity index (χ2v) is 7.12. The Morgan fingerprint density at radius 1 is 1.43 bits per heavy atom. The number of carboxylic acids is 1. The maximum absolute atomic E-state index is 12.5. The first-order valence-electron chi connectivity index (χ1n) is 5.57. The Labute approximate surface area is 121 Å². The van der Waals surface area contributed by atoms with Crippen molar-refractivity contribution < 1.29 is 31.5 Å². The molecule has 21 heavy (non-hydrogen) atoms. The highest BCUT2D eigenvalue weighted by atomic mass is 32.2. The predicted molar refractivity (Wildman–Crippen MR) is 66.6 cm³/mol. The molecule has 0 atom stereocenters. The van der Waals surface area contributed by atoms with E-state index < -0.39 is 50.6 Å². The Balaban J connectivity index is 2.29. The van der Waals surface area contributed by atoms with E-state index in [-0.39, 0.29) is 6.54 Å². The molecule has 1 aromatic rings. The number of alkyl halides is 3. The highest BCUT2D eigenvalue weighted by Gasteiger charge is 2.38. The normalized spacial score (nSPS) is 17.6. The van der Waals surface area contributed by atoms with Gasteiger partial charge in [0.05, 0.1) is 5.51 Å². The van der Waals surface area contributed by atoms with Gasteiger partial charge in [0.1, 0.15) is 0 Å². The lowest BCUT2D eigenvalue weighted by atomic mass is 10.1. The fourth-order valence-electron chi connectivity index (χ4n) is 1.80. The van der Waals surface area contributed by atoms with Crippen LogP contribution in [0.2, 0.25) is 0 Å². The minimum atomic E-state index is -4.48. The quantitative estimate of drug-likeness (QED) is 0.845. The van der Waals surface area contributed by atoms with Gasteiger partial charge in [-0.3, -0.25) is 0 Å². The van der Waals surface area contributed by atoms with Crippen LogP contribution < -0.4 is 0 Å². The smallest absolute Gasteiger partial charge is 0.412 e. The number of nitrogens with zero attached hydrogens (tertiary/aromatic N) is 2. The topological polar surface area (TPSA) is 87.6 Å². The Kier molecular flexibility index (Phi) is 4.08. The van der Waals surface area contributed by atoms with Crippen molar-refractivity contribution in [2.45, 2.75) is 16.8 Å². The molecule has 0 saturated heterocycles. The summed E-state index contributed by atoms with van der Waals surface area (Å²) in [5.41, 5.74) is -0.334. The van der Waals surface area contributed by atoms with Gasteiger partial charge in [-0.25, -0.2) is 18.2 Å². The van der Waals surface area contributed by atoms with Gasteiger partial charge in [0.2, 0.25) is 0 Å². The van der Waals surface area contributed by atoms with Crippen LogP contribution in [0.25, 0.3) is 0 Å². The van der Waals surface area contributed by atoms with E-state index in [9.17, 15) is 26.4 Å². The van der Waals surface area contributed by atoms with Crippen molar-refractivity contribution in [3.05, 3.63) is 22.9 Å². The zero-order valence-electron chi connectivity index (χ0n) is 10.3. The molecule has 6 nitrogen and oxygen atoms in total. The first-order valence-corrected chi connectivity index (χ1v) is 7.89. The van der Waals surface area contributed by atoms with Gasteiger partial charge < -0.3 is 5.11 Å². The van der Waals surface area contributed by atoms with Crippen LogP contribution in [0.15, 0.2) is 21.4 Å². The summed E-state index contributed by atoms with van der Waals surface area (Å²) in [6.07, 6.45) is -4.15. The van der Waals surface area contributed by atoms with Gasteiger partial charge in [-0.15, -0.1) is 11.3 Å². The summed E-state index contributed by atoms with van der Waals surface area (Å²) in [5, 5.41) is 8.87. The maximum atomic E-state index is 12.5. The molecule has 116 valence electrons. The average Bonchev–Trinajstić information content (AvgIpc) is 2.88. The number of hydrogen-bond acceptors (Lipinski definition) is 5. The molecule has 0 fully saturated rings. The molecule has 2 rings (SSSR count). The number of hydrogen-bond donors (Lipinski definition) is 1. The number of sulfonamides is 1. The summed E-state index contributed by atoms with van der Waals surface area (Å²) in [6.45, 7) is -0.807. The van der Waals surface area contributed by atoms with E-state index in [2.05, 4.69) is 4.98 Å². The largest absolute Gasteiger partial charge is 0.476 e. The van der Waals surface area contributed by atoms with Gasteiger partial charge in [-0.1, -0.05) is 6.08 Å². The Bertz CT molecular complexity index is 693. The zero-order valence-corrected chi connectivity index (χ0v) is 11.9. The van der Waals surface area contributed by atoms with E-state index in [0.717, 1.165) is 15.9 Å². The van der Waals surface area contributed by atoms with Gasteiger partial charge in [0.15, 0.2) is 9.90 Å². The molecule has 2 heterocycles. The first-order chi connectivity index (χ1) is 9.64. The average molecular weight is 342 g/mol. The lowest BCUT2D eigenvalue weighted by Gasteiger charge is -2.26. The summed E-state index contributed by atoms with van der Waals surface area (Å²) in [7, 11) is -4.17. The molecule has 0 spiro atoms. The van der Waals surface area contributed by atoms with Crippen molar-refractivity contribution in [1.82, 2.24) is 9.29 Å². The highest BCUT2D eigenvalue weighted by Crippen LogP contribution is 2.32. The molecule has 11 heteroatoms. The minimum Gasteiger partial charge on any atom is -0.476 e. The standard InChI is InChI=1S/C10H9F3N2O4S2/c11-10(12,13)6-1-3-15(4-2-6)21(18,19)9-7(8(16)17)14-5-20-9/h1,5H,2-4H2,(H,16,17). The van der Waals surface area contributed by atoms with E-state index in [1.165, 1.54) is 0 Å². The molecule has 0 unspecified atom stereocenters. The monoisotopic (exact) mass is 342 g/mol. The van der Waals surface area contributed by atoms with Crippen LogP contribution in [0.4, 0.5) is 13.2 Å². The molecule has 0 aromatic carbocycles. The van der Waals surface area contributed by atoms with Crippen LogP contribution in [-0.2, 0) is 10.0 Å². The third kappa shape index (κ3) is 3.09. The van der Waals surface area contributed by atoms with Crippen molar-refractivity contribution in [3.8, 4) is 0 Å². The van der Waals surface area contributed by atoms with Gasteiger partial charge in [-0.2, -0.15) is 17.5 Å². The van der Waals surface area contributed by atoms with Crippen molar-refractivity contribution in [2.75, 3.05) is 13.1 Å². The van der Waals surface area contributed by atoms with Crippen LogP contribution in [0, 0.1) is 0 Å². The Morgan fingerprint density at radius 3 is 2.57 bits per heavy atom. The van der Waals surface area contributed by atoms with Gasteiger partial charge in [-0.05, 0) is 6.42 Å². The van der Waals surface area contributed by atoms with Crippen LogP contribution in [-0.4, -0.2) is 48.0 Å². The van der Waals surface area contributed by atoms with Gasteiger partial charge in [0.25, 0.3) is 10.0 Å². The number of aromatic nitrogens is 1. The molecule has 1 aliphatic rings. The number of aromatic carboxylic acids is 1. The molecular weight excluding hydrogens is 333 g/mol. The Morgan fingerprint density at radius 2 is 2.10 bits per heavy atom. The predicted octanol–water partition coefficient (Wildman–Crippen LogP) is 1.72. The van der Waals surface area contributed by atoms with E-state index >= 15 is 0 Å². The first kappa shape index (κ1) is 15.9. The van der Waals surface area contributed by atoms with E-state index in [1.54, 1.807) is 0 Å². The van der Waals surface area contributed by atoms with Crippen LogP contribution in [0.5, 0.6) is 0 Å². The zero-order chi connectivity index (χ0) is 15.8. The summed E-state index contributed by atoms with van der Waals surface area (Å²) >= 11 is 0.620. The van der Waals surface area contributed by atoms with Crippen molar-refractivity contribution >= 4 is 27.3 Å². The maximum Gasteiger partial charge on any atom is 0.412 e. The van der Waals surface area contributed by atoms with Crippen LogP contribution in [0.1, 0.15) is 16.9 Å². The molecule has 1 aliphatic heterocycles. The van der Waals surface area contributed by atoms with E-state index in [0.29, 0.717) is 11.3 Å². The summed E-state index contributed by atoms with van der Waals surface area (Å²) in [6, 6.07) is 0. The third-order valence-corrected chi connectivity index (χ3v) is 6.06. The summed E-state index contributed by atoms with van der Waals surface area (Å²) < 4.78 is 62.3. The van der Waals surface area contributed by atoms with Crippen LogP contribution >= 0.6 is 11.3 Å². The van der Waals surface area contributed by atoms with Crippen LogP contribution in [0.3, 0.4) is 0 Å². The van der Waals surface area contributed by atoms with Crippen molar-refractivity contribution in [2.24, 2.45) is 0 Å². The molecule has 0 radical (unpaired) electrons. The van der Waals surface area contributed by atoms with Crippen molar-refractivity contribution in [3.63, 3.8) is 0 Å². The van der Waals surface area contributed by atoms with Gasteiger partial charge in [0, 0.05) is 18.7 Å². The molecule has 1 N–H and O–H groups in total. The lowest BCUT2D eigenvalue weighted by molar-refractivity contribution is -0.0953. The fraction of sp³-hybridized carbons (Fsp3) is 0.400. The number of halogens is 3. The Hall–Kier alpha value is -1.46. The number of carboxylic acid groups (broad SMARTS) is 1. The van der Waals surface area contributed by atoms with Gasteiger partial charge >= 0.3 is 12.1 Å².